The second-order valence-electron chi connectivity index (χ2n) is 3.29. The van der Waals surface area contributed by atoms with Crippen molar-refractivity contribution >= 4 is 18.1 Å². The van der Waals surface area contributed by atoms with Crippen LogP contribution in [0.3, 0.4) is 0 Å². The summed E-state index contributed by atoms with van der Waals surface area (Å²) < 4.78 is 4.82. The summed E-state index contributed by atoms with van der Waals surface area (Å²) in [5.41, 5.74) is 2.12. The van der Waals surface area contributed by atoms with E-state index in [1.807, 2.05) is 30.3 Å². The smallest absolute Gasteiger partial charge is 0.309 e. The topological polar surface area (TPSA) is 26.3 Å². The van der Waals surface area contributed by atoms with Gasteiger partial charge in [-0.1, -0.05) is 43.0 Å². The molecule has 1 rings (SSSR count). The van der Waals surface area contributed by atoms with Gasteiger partial charge in [0.2, 0.25) is 0 Å². The molecule has 0 amide bonds. The number of carbonyl (C=O) groups excluding carboxylic acids is 1. The summed E-state index contributed by atoms with van der Waals surface area (Å²) in [7, 11) is 0. The van der Waals surface area contributed by atoms with E-state index in [4.69, 9.17) is 4.74 Å². The number of esters is 1. The largest absolute Gasteiger partial charge is 0.466 e. The van der Waals surface area contributed by atoms with Crippen LogP contribution in [0.5, 0.6) is 0 Å². The van der Waals surface area contributed by atoms with Crippen molar-refractivity contribution in [3.05, 3.63) is 48.0 Å². The van der Waals surface area contributed by atoms with Gasteiger partial charge in [-0.05, 0) is 24.1 Å². The Bertz CT molecular complexity index is 391. The maximum atomic E-state index is 11.1. The van der Waals surface area contributed by atoms with Gasteiger partial charge in [-0.3, -0.25) is 4.79 Å². The van der Waals surface area contributed by atoms with E-state index in [1.165, 1.54) is 0 Å². The van der Waals surface area contributed by atoms with Gasteiger partial charge in [0.05, 0.1) is 13.0 Å². The number of hydrogen-bond donors (Lipinski definition) is 0. The maximum Gasteiger partial charge on any atom is 0.309 e. The average molecular weight is 216 g/mol. The molecule has 0 heterocycles. The third kappa shape index (κ3) is 4.13. The Hall–Kier alpha value is -1.83. The van der Waals surface area contributed by atoms with E-state index in [2.05, 4.69) is 6.58 Å². The Morgan fingerprint density at radius 2 is 2.19 bits per heavy atom. The van der Waals surface area contributed by atoms with Gasteiger partial charge in [0.25, 0.3) is 0 Å². The van der Waals surface area contributed by atoms with Crippen LogP contribution in [0.1, 0.15) is 24.5 Å². The summed E-state index contributed by atoms with van der Waals surface area (Å²) in [6, 6.07) is 7.93. The number of ether oxygens (including phenoxy) is 1. The molecule has 0 bridgehead atoms. The van der Waals surface area contributed by atoms with Crippen LogP contribution in [0.4, 0.5) is 0 Å². The van der Waals surface area contributed by atoms with E-state index in [-0.39, 0.29) is 5.97 Å². The second-order valence-corrected chi connectivity index (χ2v) is 3.29. The molecule has 1 aromatic carbocycles. The Kier molecular flexibility index (Phi) is 5.06. The second kappa shape index (κ2) is 6.62. The Balaban J connectivity index is 2.55. The van der Waals surface area contributed by atoms with Gasteiger partial charge in [-0.15, -0.1) is 0 Å². The first-order chi connectivity index (χ1) is 7.76. The lowest BCUT2D eigenvalue weighted by Crippen LogP contribution is -2.01. The van der Waals surface area contributed by atoms with Gasteiger partial charge < -0.3 is 4.74 Å². The van der Waals surface area contributed by atoms with Crippen LogP contribution in [-0.2, 0) is 9.53 Å². The van der Waals surface area contributed by atoms with E-state index < -0.39 is 0 Å². The number of benzene rings is 1. The van der Waals surface area contributed by atoms with E-state index in [9.17, 15) is 4.79 Å². The third-order valence-electron chi connectivity index (χ3n) is 2.05. The molecule has 84 valence electrons. The van der Waals surface area contributed by atoms with Crippen LogP contribution in [0, 0.1) is 0 Å². The first-order valence-corrected chi connectivity index (χ1v) is 5.31. The fraction of sp³-hybridized carbons (Fsp3) is 0.214. The first-order valence-electron chi connectivity index (χ1n) is 5.31. The van der Waals surface area contributed by atoms with Crippen molar-refractivity contribution in [3.8, 4) is 0 Å². The molecule has 0 aliphatic carbocycles. The quantitative estimate of drug-likeness (QED) is 0.706. The van der Waals surface area contributed by atoms with E-state index >= 15 is 0 Å². The van der Waals surface area contributed by atoms with Crippen molar-refractivity contribution in [1.29, 1.82) is 0 Å². The molecule has 1 aromatic rings. The third-order valence-corrected chi connectivity index (χ3v) is 2.05. The minimum Gasteiger partial charge on any atom is -0.466 e. The fourth-order valence-electron chi connectivity index (χ4n) is 1.30. The van der Waals surface area contributed by atoms with Crippen molar-refractivity contribution in [3.63, 3.8) is 0 Å². The highest BCUT2D eigenvalue weighted by Crippen LogP contribution is 2.08. The van der Waals surface area contributed by atoms with Gasteiger partial charge in [-0.2, -0.15) is 0 Å². The van der Waals surface area contributed by atoms with Gasteiger partial charge in [0, 0.05) is 0 Å². The molecular formula is C14H16O2. The van der Waals surface area contributed by atoms with Gasteiger partial charge in [-0.25, -0.2) is 0 Å². The highest BCUT2D eigenvalue weighted by Gasteiger charge is 1.96. The minimum atomic E-state index is -0.196. The molecular weight excluding hydrogens is 200 g/mol. The van der Waals surface area contributed by atoms with E-state index in [0.717, 1.165) is 11.1 Å². The molecule has 0 spiro atoms. The monoisotopic (exact) mass is 216 g/mol. The zero-order chi connectivity index (χ0) is 11.8. The summed E-state index contributed by atoms with van der Waals surface area (Å²) >= 11 is 0. The first kappa shape index (κ1) is 12.2. The summed E-state index contributed by atoms with van der Waals surface area (Å²) in [4.78, 5) is 11.1. The summed E-state index contributed by atoms with van der Waals surface area (Å²) in [5, 5.41) is 0. The standard InChI is InChI=1S/C14H16O2/c1-3-12-7-5-8-13(11-12)9-6-10-14(15)16-4-2/h3,5-9,11H,1,4,10H2,2H3. The zero-order valence-corrected chi connectivity index (χ0v) is 9.48. The van der Waals surface area contributed by atoms with Crippen molar-refractivity contribution in [1.82, 2.24) is 0 Å². The van der Waals surface area contributed by atoms with Crippen LogP contribution >= 0.6 is 0 Å². The van der Waals surface area contributed by atoms with Gasteiger partial charge >= 0.3 is 5.97 Å². The predicted molar refractivity (Wildman–Crippen MR) is 66.8 cm³/mol. The lowest BCUT2D eigenvalue weighted by atomic mass is 10.1. The molecule has 0 fully saturated rings. The van der Waals surface area contributed by atoms with Crippen LogP contribution in [0.25, 0.3) is 12.2 Å². The SMILES string of the molecule is C=Cc1cccc(C=CCC(=O)OCC)c1. The molecule has 2 nitrogen and oxygen atoms in total. The van der Waals surface area contributed by atoms with E-state index in [1.54, 1.807) is 19.1 Å². The van der Waals surface area contributed by atoms with Crippen molar-refractivity contribution in [2.24, 2.45) is 0 Å². The summed E-state index contributed by atoms with van der Waals surface area (Å²) in [6.07, 6.45) is 5.82. The number of hydrogen-bond acceptors (Lipinski definition) is 2. The number of carbonyl (C=O) groups is 1. The lowest BCUT2D eigenvalue weighted by Gasteiger charge is -1.98. The van der Waals surface area contributed by atoms with Crippen LogP contribution in [0.15, 0.2) is 36.9 Å². The molecule has 0 radical (unpaired) electrons. The fourth-order valence-corrected chi connectivity index (χ4v) is 1.30. The molecule has 0 atom stereocenters. The van der Waals surface area contributed by atoms with Crippen LogP contribution < -0.4 is 0 Å². The highest BCUT2D eigenvalue weighted by atomic mass is 16.5. The lowest BCUT2D eigenvalue weighted by molar-refractivity contribution is -0.142. The van der Waals surface area contributed by atoms with E-state index in [0.29, 0.717) is 13.0 Å². The predicted octanol–water partition coefficient (Wildman–Crippen LogP) is 3.30. The van der Waals surface area contributed by atoms with Crippen LogP contribution in [-0.4, -0.2) is 12.6 Å². The molecule has 2 heteroatoms. The van der Waals surface area contributed by atoms with Crippen molar-refractivity contribution in [2.45, 2.75) is 13.3 Å². The van der Waals surface area contributed by atoms with Gasteiger partial charge in [0.1, 0.15) is 0 Å². The average Bonchev–Trinajstić information content (AvgIpc) is 2.30. The number of rotatable bonds is 5. The molecule has 16 heavy (non-hydrogen) atoms. The molecule has 0 aliphatic rings. The minimum absolute atomic E-state index is 0.196. The van der Waals surface area contributed by atoms with Crippen LogP contribution in [0.2, 0.25) is 0 Å². The Morgan fingerprint density at radius 1 is 1.44 bits per heavy atom. The Morgan fingerprint density at radius 3 is 2.88 bits per heavy atom. The molecule has 0 saturated carbocycles. The molecule has 0 N–H and O–H groups in total. The highest BCUT2D eigenvalue weighted by molar-refractivity contribution is 5.72. The maximum absolute atomic E-state index is 11.1. The summed E-state index contributed by atoms with van der Waals surface area (Å²) in [5.74, 6) is -0.196. The van der Waals surface area contributed by atoms with Gasteiger partial charge in [0.15, 0.2) is 0 Å². The molecule has 0 unspecified atom stereocenters. The summed E-state index contributed by atoms with van der Waals surface area (Å²) in [6.45, 7) is 5.94. The molecule has 0 aliphatic heterocycles. The Labute approximate surface area is 96.2 Å². The molecule has 0 saturated heterocycles. The van der Waals surface area contributed by atoms with Crippen molar-refractivity contribution < 1.29 is 9.53 Å². The van der Waals surface area contributed by atoms with Crippen molar-refractivity contribution in [2.75, 3.05) is 6.61 Å². The normalized spacial score (nSPS) is 10.3. The zero-order valence-electron chi connectivity index (χ0n) is 9.48. The molecule has 0 aromatic heterocycles.